The van der Waals surface area contributed by atoms with Crippen molar-refractivity contribution in [1.82, 2.24) is 5.16 Å². The second-order valence-corrected chi connectivity index (χ2v) is 7.65. The van der Waals surface area contributed by atoms with Gasteiger partial charge in [-0.1, -0.05) is 41.6 Å². The van der Waals surface area contributed by atoms with Gasteiger partial charge in [0.15, 0.2) is 5.76 Å². The molecule has 1 aromatic heterocycles. The molecule has 160 valence electrons. The summed E-state index contributed by atoms with van der Waals surface area (Å²) in [6.07, 6.45) is 0.428. The van der Waals surface area contributed by atoms with E-state index >= 15 is 0 Å². The van der Waals surface area contributed by atoms with Crippen LogP contribution < -0.4 is 10.2 Å². The average Bonchev–Trinajstić information content (AvgIpc) is 3.13. The van der Waals surface area contributed by atoms with Gasteiger partial charge in [0.25, 0.3) is 0 Å². The Kier molecular flexibility index (Phi) is 5.62. The zero-order valence-electron chi connectivity index (χ0n) is 17.0. The summed E-state index contributed by atoms with van der Waals surface area (Å²) in [7, 11) is 0. The SMILES string of the molecule is Cc1noc(-c2ccc(-c3ccc(N4CCC[C@@H](C(=O)O)C4)cc3)cc2)c1NC(=O)O. The van der Waals surface area contributed by atoms with Crippen molar-refractivity contribution in [3.63, 3.8) is 0 Å². The predicted octanol–water partition coefficient (Wildman–Crippen LogP) is 4.71. The first-order valence-electron chi connectivity index (χ1n) is 10.1. The summed E-state index contributed by atoms with van der Waals surface area (Å²) >= 11 is 0. The maximum atomic E-state index is 11.3. The van der Waals surface area contributed by atoms with Crippen LogP contribution in [0.2, 0.25) is 0 Å². The number of amides is 1. The highest BCUT2D eigenvalue weighted by molar-refractivity contribution is 5.89. The number of carbonyl (C=O) groups is 2. The fourth-order valence-electron chi connectivity index (χ4n) is 3.91. The van der Waals surface area contributed by atoms with Crippen LogP contribution >= 0.6 is 0 Å². The number of nitrogens with one attached hydrogen (secondary N) is 1. The number of nitrogens with zero attached hydrogens (tertiary/aromatic N) is 2. The lowest BCUT2D eigenvalue weighted by molar-refractivity contribution is -0.141. The molecule has 0 bridgehead atoms. The Bertz CT molecular complexity index is 1090. The van der Waals surface area contributed by atoms with Crippen LogP contribution in [-0.2, 0) is 4.79 Å². The van der Waals surface area contributed by atoms with Crippen LogP contribution in [0.15, 0.2) is 53.1 Å². The molecule has 1 saturated heterocycles. The Morgan fingerprint density at radius 3 is 2.26 bits per heavy atom. The molecule has 2 aromatic carbocycles. The number of rotatable bonds is 5. The van der Waals surface area contributed by atoms with Crippen LogP contribution in [0.5, 0.6) is 0 Å². The first kappa shape index (κ1) is 20.5. The van der Waals surface area contributed by atoms with Gasteiger partial charge in [-0.2, -0.15) is 0 Å². The minimum Gasteiger partial charge on any atom is -0.481 e. The molecule has 0 spiro atoms. The third-order valence-corrected chi connectivity index (χ3v) is 5.58. The standard InChI is InChI=1S/C23H23N3O5/c1-14-20(24-23(29)30)21(31-25-14)17-6-4-15(5-7-17)16-8-10-19(11-9-16)26-12-2-3-18(13-26)22(27)28/h4-11,18,24H,2-3,12-13H2,1H3,(H,27,28)(H,29,30)/t18-/m1/s1. The highest BCUT2D eigenvalue weighted by atomic mass is 16.5. The summed E-state index contributed by atoms with van der Waals surface area (Å²) in [6.45, 7) is 3.07. The number of piperidine rings is 1. The molecule has 0 unspecified atom stereocenters. The summed E-state index contributed by atoms with van der Waals surface area (Å²) in [6, 6.07) is 15.7. The van der Waals surface area contributed by atoms with E-state index < -0.39 is 12.1 Å². The van der Waals surface area contributed by atoms with E-state index in [1.165, 1.54) is 0 Å². The monoisotopic (exact) mass is 421 g/mol. The van der Waals surface area contributed by atoms with Crippen LogP contribution in [0.3, 0.4) is 0 Å². The van der Waals surface area contributed by atoms with E-state index in [4.69, 9.17) is 9.63 Å². The minimum atomic E-state index is -1.17. The Morgan fingerprint density at radius 1 is 1.03 bits per heavy atom. The van der Waals surface area contributed by atoms with Crippen LogP contribution in [0, 0.1) is 12.8 Å². The van der Waals surface area contributed by atoms with E-state index in [2.05, 4.69) is 15.4 Å². The lowest BCUT2D eigenvalue weighted by atomic mass is 9.97. The van der Waals surface area contributed by atoms with Crippen molar-refractivity contribution in [3.8, 4) is 22.5 Å². The van der Waals surface area contributed by atoms with Gasteiger partial charge in [-0.05, 0) is 43.0 Å². The van der Waals surface area contributed by atoms with E-state index in [-0.39, 0.29) is 5.92 Å². The summed E-state index contributed by atoms with van der Waals surface area (Å²) in [5.41, 5.74) is 4.58. The van der Waals surface area contributed by atoms with Gasteiger partial charge in [-0.25, -0.2) is 4.79 Å². The maximum absolute atomic E-state index is 11.3. The summed E-state index contributed by atoms with van der Waals surface area (Å²) < 4.78 is 5.31. The number of carboxylic acid groups (broad SMARTS) is 2. The second-order valence-electron chi connectivity index (χ2n) is 7.65. The van der Waals surface area contributed by atoms with Gasteiger partial charge in [0.1, 0.15) is 11.4 Å². The highest BCUT2D eigenvalue weighted by Crippen LogP contribution is 2.33. The Balaban J connectivity index is 1.51. The first-order valence-corrected chi connectivity index (χ1v) is 10.1. The van der Waals surface area contributed by atoms with Gasteiger partial charge >= 0.3 is 12.1 Å². The van der Waals surface area contributed by atoms with Crippen molar-refractivity contribution in [2.75, 3.05) is 23.3 Å². The molecular weight excluding hydrogens is 398 g/mol. The molecule has 1 atom stereocenters. The number of hydrogen-bond acceptors (Lipinski definition) is 5. The zero-order valence-corrected chi connectivity index (χ0v) is 17.0. The lowest BCUT2D eigenvalue weighted by Gasteiger charge is -2.32. The van der Waals surface area contributed by atoms with E-state index in [9.17, 15) is 14.7 Å². The molecule has 1 fully saturated rings. The van der Waals surface area contributed by atoms with Crippen LogP contribution in [0.4, 0.5) is 16.2 Å². The summed E-state index contributed by atoms with van der Waals surface area (Å²) in [4.78, 5) is 24.4. The van der Waals surface area contributed by atoms with E-state index in [1.807, 2.05) is 48.5 Å². The largest absolute Gasteiger partial charge is 0.481 e. The van der Waals surface area contributed by atoms with Crippen molar-refractivity contribution in [3.05, 3.63) is 54.2 Å². The number of benzene rings is 2. The first-order chi connectivity index (χ1) is 14.9. The molecule has 4 rings (SSSR count). The molecule has 0 saturated carbocycles. The number of aromatic nitrogens is 1. The van der Waals surface area contributed by atoms with Crippen LogP contribution in [0.1, 0.15) is 18.5 Å². The van der Waals surface area contributed by atoms with Gasteiger partial charge < -0.3 is 19.6 Å². The van der Waals surface area contributed by atoms with Crippen molar-refractivity contribution >= 4 is 23.4 Å². The van der Waals surface area contributed by atoms with Crippen molar-refractivity contribution in [2.45, 2.75) is 19.8 Å². The quantitative estimate of drug-likeness (QED) is 0.546. The fraction of sp³-hybridized carbons (Fsp3) is 0.261. The van der Waals surface area contributed by atoms with E-state index in [0.717, 1.165) is 41.8 Å². The molecule has 3 N–H and O–H groups in total. The molecule has 1 aliphatic rings. The number of anilines is 2. The van der Waals surface area contributed by atoms with Crippen molar-refractivity contribution in [1.29, 1.82) is 0 Å². The minimum absolute atomic E-state index is 0.318. The average molecular weight is 421 g/mol. The van der Waals surface area contributed by atoms with Gasteiger partial charge in [-0.15, -0.1) is 0 Å². The van der Waals surface area contributed by atoms with Crippen molar-refractivity contribution in [2.24, 2.45) is 5.92 Å². The normalized spacial score (nSPS) is 16.2. The zero-order chi connectivity index (χ0) is 22.0. The molecule has 0 radical (unpaired) electrons. The predicted molar refractivity (Wildman–Crippen MR) is 116 cm³/mol. The Labute approximate surface area is 179 Å². The van der Waals surface area contributed by atoms with Gasteiger partial charge in [0.2, 0.25) is 0 Å². The fourth-order valence-corrected chi connectivity index (χ4v) is 3.91. The third kappa shape index (κ3) is 4.37. The van der Waals surface area contributed by atoms with Gasteiger partial charge in [0, 0.05) is 24.3 Å². The molecular formula is C23H23N3O5. The number of aryl methyl sites for hydroxylation is 1. The topological polar surface area (TPSA) is 116 Å². The summed E-state index contributed by atoms with van der Waals surface area (Å²) in [5, 5.41) is 24.5. The molecule has 8 heteroatoms. The van der Waals surface area contributed by atoms with Crippen LogP contribution in [0.25, 0.3) is 22.5 Å². The molecule has 1 aliphatic heterocycles. The lowest BCUT2D eigenvalue weighted by Crippen LogP contribution is -2.38. The van der Waals surface area contributed by atoms with Crippen molar-refractivity contribution < 1.29 is 24.3 Å². The smallest absolute Gasteiger partial charge is 0.409 e. The maximum Gasteiger partial charge on any atom is 0.409 e. The second kappa shape index (κ2) is 8.51. The number of hydrogen-bond donors (Lipinski definition) is 3. The highest BCUT2D eigenvalue weighted by Gasteiger charge is 2.25. The van der Waals surface area contributed by atoms with E-state index in [0.29, 0.717) is 23.7 Å². The van der Waals surface area contributed by atoms with Gasteiger partial charge in [0.05, 0.1) is 5.92 Å². The molecule has 1 amide bonds. The molecule has 0 aliphatic carbocycles. The summed E-state index contributed by atoms with van der Waals surface area (Å²) in [5.74, 6) is -0.675. The molecule has 3 aromatic rings. The Hall–Kier alpha value is -3.81. The molecule has 2 heterocycles. The van der Waals surface area contributed by atoms with Gasteiger partial charge in [-0.3, -0.25) is 10.1 Å². The van der Waals surface area contributed by atoms with E-state index in [1.54, 1.807) is 6.92 Å². The number of aliphatic carboxylic acids is 1. The molecule has 8 nitrogen and oxygen atoms in total. The number of carboxylic acids is 1. The Morgan fingerprint density at radius 2 is 1.65 bits per heavy atom. The van der Waals surface area contributed by atoms with Crippen LogP contribution in [-0.4, -0.2) is 40.5 Å². The third-order valence-electron chi connectivity index (χ3n) is 5.58. The molecule has 31 heavy (non-hydrogen) atoms.